The lowest BCUT2D eigenvalue weighted by Gasteiger charge is -2.23. The summed E-state index contributed by atoms with van der Waals surface area (Å²) < 4.78 is 5.56. The lowest BCUT2D eigenvalue weighted by atomic mass is 9.48. The zero-order valence-corrected chi connectivity index (χ0v) is 10.4. The van der Waals surface area contributed by atoms with Gasteiger partial charge < -0.3 is 4.65 Å². The van der Waals surface area contributed by atoms with Crippen molar-refractivity contribution in [1.82, 2.24) is 0 Å². The summed E-state index contributed by atoms with van der Waals surface area (Å²) in [6, 6.07) is 0. The Bertz CT molecular complexity index is 206. The van der Waals surface area contributed by atoms with E-state index in [4.69, 9.17) is 4.65 Å². The lowest BCUT2D eigenvalue weighted by molar-refractivity contribution is 0.401. The van der Waals surface area contributed by atoms with Crippen LogP contribution in [0.5, 0.6) is 0 Å². The second-order valence-corrected chi connectivity index (χ2v) is 4.05. The monoisotopic (exact) mass is 194 g/mol. The summed E-state index contributed by atoms with van der Waals surface area (Å²) in [5.41, 5.74) is 1.27. The highest BCUT2D eigenvalue weighted by atomic mass is 16.4. The zero-order valence-electron chi connectivity index (χ0n) is 10.4. The van der Waals surface area contributed by atoms with Crippen LogP contribution in [0.15, 0.2) is 23.7 Å². The minimum Gasteiger partial charge on any atom is -0.433 e. The van der Waals surface area contributed by atoms with Crippen LogP contribution < -0.4 is 0 Å². The van der Waals surface area contributed by atoms with E-state index in [-0.39, 0.29) is 6.92 Å². The number of hydrogen-bond donors (Lipinski definition) is 0. The molecule has 0 aliphatic heterocycles. The summed E-state index contributed by atoms with van der Waals surface area (Å²) in [7, 11) is 1.79. The van der Waals surface area contributed by atoms with E-state index in [9.17, 15) is 0 Å². The molecule has 80 valence electrons. The Morgan fingerprint density at radius 2 is 1.79 bits per heavy atom. The van der Waals surface area contributed by atoms with E-state index in [1.165, 1.54) is 5.47 Å². The maximum absolute atomic E-state index is 5.56. The molecule has 2 heteroatoms. The minimum atomic E-state index is 0.219. The van der Waals surface area contributed by atoms with Crippen LogP contribution in [0.3, 0.4) is 0 Å². The Morgan fingerprint density at radius 1 is 1.21 bits per heavy atom. The van der Waals surface area contributed by atoms with Gasteiger partial charge in [-0.2, -0.15) is 0 Å². The van der Waals surface area contributed by atoms with Crippen molar-refractivity contribution in [3.8, 4) is 0 Å². The molecule has 1 atom stereocenters. The molecule has 14 heavy (non-hydrogen) atoms. The average Bonchev–Trinajstić information content (AvgIpc) is 2.17. The number of allylic oxidation sites excluding steroid dienone is 4. The zero-order chi connectivity index (χ0) is 11.1. The smallest absolute Gasteiger partial charge is 0.329 e. The first-order valence-electron chi connectivity index (χ1n) is 5.40. The predicted molar refractivity (Wildman–Crippen MR) is 65.6 cm³/mol. The Kier molecular flexibility index (Phi) is 6.64. The van der Waals surface area contributed by atoms with Crippen LogP contribution in [0.1, 0.15) is 34.6 Å². The third-order valence-corrected chi connectivity index (χ3v) is 2.80. The van der Waals surface area contributed by atoms with Gasteiger partial charge in [-0.15, -0.1) is 0 Å². The third kappa shape index (κ3) is 3.71. The molecular formula is C12H23BO. The van der Waals surface area contributed by atoms with Crippen LogP contribution in [0.2, 0.25) is 5.82 Å². The summed E-state index contributed by atoms with van der Waals surface area (Å²) in [5, 5.41) is 0. The molecule has 0 saturated heterocycles. The fraction of sp³-hybridized carbons (Fsp3) is 0.667. The summed E-state index contributed by atoms with van der Waals surface area (Å²) in [4.78, 5) is 0. The van der Waals surface area contributed by atoms with Gasteiger partial charge in [-0.25, -0.2) is 0 Å². The van der Waals surface area contributed by atoms with Crippen molar-refractivity contribution in [3.05, 3.63) is 23.7 Å². The Morgan fingerprint density at radius 3 is 2.07 bits per heavy atom. The molecule has 0 saturated carbocycles. The summed E-state index contributed by atoms with van der Waals surface area (Å²) in [6.07, 6.45) is 6.33. The molecule has 0 radical (unpaired) electrons. The Labute approximate surface area is 89.3 Å². The molecule has 0 aromatic rings. The van der Waals surface area contributed by atoms with Gasteiger partial charge in [0.2, 0.25) is 0 Å². The maximum atomic E-state index is 5.56. The molecule has 1 nitrogen and oxygen atoms in total. The normalized spacial score (nSPS) is 15.2. The van der Waals surface area contributed by atoms with Crippen LogP contribution in [0.25, 0.3) is 0 Å². The van der Waals surface area contributed by atoms with Gasteiger partial charge in [0.05, 0.1) is 0 Å². The summed E-state index contributed by atoms with van der Waals surface area (Å²) >= 11 is 0. The highest BCUT2D eigenvalue weighted by Gasteiger charge is 2.27. The van der Waals surface area contributed by atoms with Gasteiger partial charge in [0.25, 0.3) is 0 Å². The summed E-state index contributed by atoms with van der Waals surface area (Å²) in [5.74, 6) is 1.18. The topological polar surface area (TPSA) is 9.23 Å². The molecule has 0 aromatic heterocycles. The molecule has 0 aliphatic carbocycles. The molecule has 1 unspecified atom stereocenters. The van der Waals surface area contributed by atoms with Crippen LogP contribution in [0.4, 0.5) is 0 Å². The minimum absolute atomic E-state index is 0.219. The first-order valence-corrected chi connectivity index (χ1v) is 5.40. The largest absolute Gasteiger partial charge is 0.433 e. The molecule has 0 aliphatic rings. The number of hydrogen-bond acceptors (Lipinski definition) is 1. The second-order valence-electron chi connectivity index (χ2n) is 4.05. The number of rotatable bonds is 5. The molecule has 0 rings (SSSR count). The Hall–Kier alpha value is -0.495. The van der Waals surface area contributed by atoms with Crippen molar-refractivity contribution in [2.24, 2.45) is 5.92 Å². The molecule has 0 fully saturated rings. The molecule has 0 amide bonds. The van der Waals surface area contributed by atoms with Gasteiger partial charge in [-0.3, -0.25) is 0 Å². The predicted octanol–water partition coefficient (Wildman–Crippen LogP) is 3.73. The van der Waals surface area contributed by atoms with E-state index in [1.807, 2.05) is 6.92 Å². The third-order valence-electron chi connectivity index (χ3n) is 2.80. The van der Waals surface area contributed by atoms with Crippen LogP contribution >= 0.6 is 0 Å². The second kappa shape index (κ2) is 6.89. The molecular weight excluding hydrogens is 171 g/mol. The van der Waals surface area contributed by atoms with E-state index in [0.717, 1.165) is 0 Å². The van der Waals surface area contributed by atoms with Crippen LogP contribution in [0, 0.1) is 5.92 Å². The highest BCUT2D eigenvalue weighted by Crippen LogP contribution is 2.25. The first kappa shape index (κ1) is 13.5. The van der Waals surface area contributed by atoms with E-state index >= 15 is 0 Å². The van der Waals surface area contributed by atoms with Gasteiger partial charge in [0.15, 0.2) is 0 Å². The standard InChI is InChI=1S/C12H23BO/c1-7-9-12(8-2)13(14-6)11(5)10(3)4/h7-11H,1-6H3/b9-7-,12-8+. The van der Waals surface area contributed by atoms with Gasteiger partial charge in [0.1, 0.15) is 0 Å². The molecule has 0 N–H and O–H groups in total. The van der Waals surface area contributed by atoms with Gasteiger partial charge >= 0.3 is 6.92 Å². The average molecular weight is 194 g/mol. The van der Waals surface area contributed by atoms with Crippen molar-refractivity contribution >= 4 is 6.92 Å². The molecule has 0 bridgehead atoms. The van der Waals surface area contributed by atoms with E-state index in [1.54, 1.807) is 7.11 Å². The van der Waals surface area contributed by atoms with Crippen molar-refractivity contribution in [2.45, 2.75) is 40.4 Å². The molecule has 0 heterocycles. The Balaban J connectivity index is 4.69. The fourth-order valence-electron chi connectivity index (χ4n) is 1.55. The molecule has 0 aromatic carbocycles. The molecule has 0 spiro atoms. The first-order chi connectivity index (χ1) is 6.58. The van der Waals surface area contributed by atoms with Crippen molar-refractivity contribution in [3.63, 3.8) is 0 Å². The van der Waals surface area contributed by atoms with Crippen molar-refractivity contribution in [2.75, 3.05) is 7.11 Å². The van der Waals surface area contributed by atoms with Gasteiger partial charge in [-0.1, -0.05) is 44.5 Å². The van der Waals surface area contributed by atoms with Crippen molar-refractivity contribution in [1.29, 1.82) is 0 Å². The summed E-state index contributed by atoms with van der Waals surface area (Å²) in [6.45, 7) is 11.0. The van der Waals surface area contributed by atoms with E-state index in [0.29, 0.717) is 11.7 Å². The maximum Gasteiger partial charge on any atom is 0.329 e. The van der Waals surface area contributed by atoms with Gasteiger partial charge in [-0.05, 0) is 25.6 Å². The van der Waals surface area contributed by atoms with E-state index < -0.39 is 0 Å². The lowest BCUT2D eigenvalue weighted by Crippen LogP contribution is -2.27. The highest BCUT2D eigenvalue weighted by molar-refractivity contribution is 6.62. The SMILES string of the molecule is C/C=C\C(=C/C)B(OC)C(C)C(C)C. The van der Waals surface area contributed by atoms with E-state index in [2.05, 4.69) is 45.9 Å². The van der Waals surface area contributed by atoms with Gasteiger partial charge in [0, 0.05) is 7.11 Å². The quantitative estimate of drug-likeness (QED) is 0.478. The van der Waals surface area contributed by atoms with Crippen LogP contribution in [-0.2, 0) is 4.65 Å². The van der Waals surface area contributed by atoms with Crippen LogP contribution in [-0.4, -0.2) is 14.0 Å². The van der Waals surface area contributed by atoms with Crippen molar-refractivity contribution < 1.29 is 4.65 Å². The fourth-order valence-corrected chi connectivity index (χ4v) is 1.55.